The summed E-state index contributed by atoms with van der Waals surface area (Å²) < 4.78 is 0. The molecule has 0 aromatic carbocycles. The lowest BCUT2D eigenvalue weighted by molar-refractivity contribution is 0.612. The van der Waals surface area contributed by atoms with E-state index in [2.05, 4.69) is 6.92 Å². The quantitative estimate of drug-likeness (QED) is 0.602. The SMILES string of the molecule is CCCCCCCCN.Cl. The summed E-state index contributed by atoms with van der Waals surface area (Å²) in [5, 5.41) is 0. The molecule has 1 nitrogen and oxygen atoms in total. The van der Waals surface area contributed by atoms with Crippen LogP contribution in [-0.4, -0.2) is 6.54 Å². The third kappa shape index (κ3) is 11.1. The molecule has 0 fully saturated rings. The van der Waals surface area contributed by atoms with Crippen molar-refractivity contribution in [1.82, 2.24) is 0 Å². The zero-order valence-electron chi connectivity index (χ0n) is 6.94. The molecule has 0 heterocycles. The Labute approximate surface area is 70.8 Å². The van der Waals surface area contributed by atoms with Gasteiger partial charge in [-0.15, -0.1) is 12.4 Å². The fraction of sp³-hybridized carbons (Fsp3) is 1.00. The lowest BCUT2D eigenvalue weighted by Gasteiger charge is -1.96. The summed E-state index contributed by atoms with van der Waals surface area (Å²) in [6, 6.07) is 0. The van der Waals surface area contributed by atoms with Crippen LogP contribution in [0.2, 0.25) is 0 Å². The average Bonchev–Trinajstić information content (AvgIpc) is 1.89. The van der Waals surface area contributed by atoms with E-state index in [1.165, 1.54) is 38.5 Å². The summed E-state index contributed by atoms with van der Waals surface area (Å²) in [4.78, 5) is 0. The molecule has 0 saturated heterocycles. The molecule has 0 aliphatic rings. The lowest BCUT2D eigenvalue weighted by atomic mass is 10.1. The fourth-order valence-electron chi connectivity index (χ4n) is 0.925. The molecule has 0 spiro atoms. The molecule has 2 heteroatoms. The van der Waals surface area contributed by atoms with Gasteiger partial charge in [0.2, 0.25) is 0 Å². The van der Waals surface area contributed by atoms with E-state index in [0.717, 1.165) is 6.54 Å². The Morgan fingerprint density at radius 1 is 0.900 bits per heavy atom. The van der Waals surface area contributed by atoms with E-state index in [-0.39, 0.29) is 12.4 Å². The van der Waals surface area contributed by atoms with Crippen molar-refractivity contribution in [3.05, 3.63) is 0 Å². The van der Waals surface area contributed by atoms with Crippen LogP contribution in [0.4, 0.5) is 0 Å². The van der Waals surface area contributed by atoms with E-state index in [9.17, 15) is 0 Å². The van der Waals surface area contributed by atoms with Crippen LogP contribution >= 0.6 is 12.4 Å². The van der Waals surface area contributed by atoms with E-state index in [1.807, 2.05) is 0 Å². The summed E-state index contributed by atoms with van der Waals surface area (Å²) in [6.45, 7) is 3.11. The monoisotopic (exact) mass is 165 g/mol. The van der Waals surface area contributed by atoms with Crippen LogP contribution in [0.25, 0.3) is 0 Å². The molecule has 0 radical (unpaired) electrons. The number of rotatable bonds is 6. The highest BCUT2D eigenvalue weighted by Crippen LogP contribution is 2.03. The second-order valence-corrected chi connectivity index (χ2v) is 2.56. The summed E-state index contributed by atoms with van der Waals surface area (Å²) in [6.07, 6.45) is 8.05. The van der Waals surface area contributed by atoms with Crippen molar-refractivity contribution in [2.24, 2.45) is 5.73 Å². The Balaban J connectivity index is 0. The number of nitrogens with two attached hydrogens (primary N) is 1. The summed E-state index contributed by atoms with van der Waals surface area (Å²) in [7, 11) is 0. The third-order valence-electron chi connectivity index (χ3n) is 1.56. The Hall–Kier alpha value is 0.250. The lowest BCUT2D eigenvalue weighted by Crippen LogP contribution is -1.97. The number of hydrogen-bond donors (Lipinski definition) is 1. The maximum Gasteiger partial charge on any atom is -0.00773 e. The molecule has 0 atom stereocenters. The zero-order chi connectivity index (χ0) is 6.95. The van der Waals surface area contributed by atoms with Crippen molar-refractivity contribution in [2.45, 2.75) is 45.4 Å². The van der Waals surface area contributed by atoms with Crippen molar-refractivity contribution >= 4 is 12.4 Å². The minimum atomic E-state index is 0. The third-order valence-corrected chi connectivity index (χ3v) is 1.56. The van der Waals surface area contributed by atoms with E-state index >= 15 is 0 Å². The molecule has 0 unspecified atom stereocenters. The normalized spacial score (nSPS) is 9.00. The van der Waals surface area contributed by atoms with Gasteiger partial charge in [0.25, 0.3) is 0 Å². The van der Waals surface area contributed by atoms with Crippen LogP contribution in [-0.2, 0) is 0 Å². The highest BCUT2D eigenvalue weighted by molar-refractivity contribution is 5.85. The van der Waals surface area contributed by atoms with Crippen molar-refractivity contribution in [2.75, 3.05) is 6.54 Å². The summed E-state index contributed by atoms with van der Waals surface area (Å²) >= 11 is 0. The maximum atomic E-state index is 5.34. The molecule has 0 bridgehead atoms. The number of unbranched alkanes of at least 4 members (excludes halogenated alkanes) is 5. The van der Waals surface area contributed by atoms with Gasteiger partial charge in [-0.25, -0.2) is 0 Å². The van der Waals surface area contributed by atoms with E-state index in [1.54, 1.807) is 0 Å². The first kappa shape index (κ1) is 12.9. The predicted octanol–water partition coefficient (Wildman–Crippen LogP) is 2.73. The fourth-order valence-corrected chi connectivity index (χ4v) is 0.925. The molecule has 0 saturated carbocycles. The van der Waals surface area contributed by atoms with Gasteiger partial charge in [-0.3, -0.25) is 0 Å². The Bertz CT molecular complexity index is 42.5. The molecule has 64 valence electrons. The van der Waals surface area contributed by atoms with Crippen molar-refractivity contribution in [3.8, 4) is 0 Å². The number of hydrogen-bond acceptors (Lipinski definition) is 1. The van der Waals surface area contributed by atoms with Crippen LogP contribution in [0.3, 0.4) is 0 Å². The van der Waals surface area contributed by atoms with E-state index < -0.39 is 0 Å². The van der Waals surface area contributed by atoms with Gasteiger partial charge in [0, 0.05) is 0 Å². The van der Waals surface area contributed by atoms with Crippen LogP contribution in [0.5, 0.6) is 0 Å². The van der Waals surface area contributed by atoms with Gasteiger partial charge >= 0.3 is 0 Å². The van der Waals surface area contributed by atoms with E-state index in [0.29, 0.717) is 0 Å². The molecule has 0 rings (SSSR count). The van der Waals surface area contributed by atoms with E-state index in [4.69, 9.17) is 5.73 Å². The molecular formula is C8H20ClN. The highest BCUT2D eigenvalue weighted by atomic mass is 35.5. The smallest absolute Gasteiger partial charge is 0.00773 e. The Morgan fingerprint density at radius 3 is 1.90 bits per heavy atom. The zero-order valence-corrected chi connectivity index (χ0v) is 7.75. The van der Waals surface area contributed by atoms with Crippen molar-refractivity contribution in [3.63, 3.8) is 0 Å². The van der Waals surface area contributed by atoms with Gasteiger partial charge in [0.1, 0.15) is 0 Å². The second-order valence-electron chi connectivity index (χ2n) is 2.56. The van der Waals surface area contributed by atoms with Crippen LogP contribution in [0.1, 0.15) is 45.4 Å². The van der Waals surface area contributed by atoms with Crippen molar-refractivity contribution < 1.29 is 0 Å². The highest BCUT2D eigenvalue weighted by Gasteiger charge is 1.85. The average molecular weight is 166 g/mol. The first-order valence-corrected chi connectivity index (χ1v) is 4.12. The largest absolute Gasteiger partial charge is 0.330 e. The van der Waals surface area contributed by atoms with Crippen LogP contribution in [0, 0.1) is 0 Å². The second kappa shape index (κ2) is 12.0. The molecule has 0 aromatic rings. The summed E-state index contributed by atoms with van der Waals surface area (Å²) in [5.41, 5.74) is 5.34. The minimum Gasteiger partial charge on any atom is -0.330 e. The van der Waals surface area contributed by atoms with Gasteiger partial charge in [-0.2, -0.15) is 0 Å². The standard InChI is InChI=1S/C8H19N.ClH/c1-2-3-4-5-6-7-8-9;/h2-9H2,1H3;1H. The van der Waals surface area contributed by atoms with Crippen LogP contribution in [0.15, 0.2) is 0 Å². The predicted molar refractivity (Wildman–Crippen MR) is 49.7 cm³/mol. The van der Waals surface area contributed by atoms with Gasteiger partial charge in [-0.05, 0) is 13.0 Å². The summed E-state index contributed by atoms with van der Waals surface area (Å²) in [5.74, 6) is 0. The maximum absolute atomic E-state index is 5.34. The molecule has 0 aromatic heterocycles. The van der Waals surface area contributed by atoms with Crippen LogP contribution < -0.4 is 5.73 Å². The number of halogens is 1. The topological polar surface area (TPSA) is 26.0 Å². The Morgan fingerprint density at radius 2 is 1.40 bits per heavy atom. The molecule has 0 aliphatic heterocycles. The first-order chi connectivity index (χ1) is 4.41. The molecular weight excluding hydrogens is 146 g/mol. The Kier molecular flexibility index (Phi) is 15.4. The minimum absolute atomic E-state index is 0. The molecule has 10 heavy (non-hydrogen) atoms. The molecule has 2 N–H and O–H groups in total. The van der Waals surface area contributed by atoms with Crippen molar-refractivity contribution in [1.29, 1.82) is 0 Å². The molecule has 0 aliphatic carbocycles. The molecule has 0 amide bonds. The van der Waals surface area contributed by atoms with Gasteiger partial charge < -0.3 is 5.73 Å². The van der Waals surface area contributed by atoms with Gasteiger partial charge in [0.05, 0.1) is 0 Å². The van der Waals surface area contributed by atoms with Gasteiger partial charge in [0.15, 0.2) is 0 Å². The first-order valence-electron chi connectivity index (χ1n) is 4.12. The van der Waals surface area contributed by atoms with Gasteiger partial charge in [-0.1, -0.05) is 39.0 Å².